The topological polar surface area (TPSA) is 105 Å². The number of Topliss-reactive ketones (excluding diaryl/α,β-unsaturated/α-hetero) is 1. The summed E-state index contributed by atoms with van der Waals surface area (Å²) in [5, 5.41) is 13.9. The molecule has 3 N–H and O–H groups in total. The summed E-state index contributed by atoms with van der Waals surface area (Å²) in [6.45, 7) is 1.29. The third-order valence-electron chi connectivity index (χ3n) is 2.68. The standard InChI is InChI=1S/C15H18N2O5/c1-10(19)11-3-5-12(6-4-11)17-13(9-14(20)22-2)15(21)16-7-8-18/h3-6,9,17-18H,7-8H2,1-2H3,(H,16,21)/b13-9-. The van der Waals surface area contributed by atoms with Gasteiger partial charge in [-0.2, -0.15) is 0 Å². The first kappa shape index (κ1) is 17.4. The maximum atomic E-state index is 11.9. The summed E-state index contributed by atoms with van der Waals surface area (Å²) >= 11 is 0. The molecule has 0 unspecified atom stereocenters. The van der Waals surface area contributed by atoms with Crippen molar-refractivity contribution in [3.8, 4) is 0 Å². The van der Waals surface area contributed by atoms with Crippen molar-refractivity contribution in [3.63, 3.8) is 0 Å². The Morgan fingerprint density at radius 3 is 2.36 bits per heavy atom. The Balaban J connectivity index is 2.92. The summed E-state index contributed by atoms with van der Waals surface area (Å²) in [4.78, 5) is 34.4. The average Bonchev–Trinajstić information content (AvgIpc) is 2.52. The highest BCUT2D eigenvalue weighted by Crippen LogP contribution is 2.13. The number of carbonyl (C=O) groups is 3. The van der Waals surface area contributed by atoms with Gasteiger partial charge in [0.2, 0.25) is 0 Å². The molecule has 7 heteroatoms. The molecular formula is C15H18N2O5. The van der Waals surface area contributed by atoms with Crippen molar-refractivity contribution in [2.24, 2.45) is 0 Å². The number of anilines is 1. The minimum absolute atomic E-state index is 0.0316. The van der Waals surface area contributed by atoms with Crippen molar-refractivity contribution in [1.29, 1.82) is 0 Å². The molecule has 7 nitrogen and oxygen atoms in total. The number of hydrogen-bond donors (Lipinski definition) is 3. The van der Waals surface area contributed by atoms with E-state index < -0.39 is 11.9 Å². The van der Waals surface area contributed by atoms with Crippen LogP contribution in [0.25, 0.3) is 0 Å². The van der Waals surface area contributed by atoms with E-state index in [9.17, 15) is 14.4 Å². The van der Waals surface area contributed by atoms with Gasteiger partial charge in [0.15, 0.2) is 5.78 Å². The average molecular weight is 306 g/mol. The van der Waals surface area contributed by atoms with E-state index in [1.165, 1.54) is 14.0 Å². The van der Waals surface area contributed by atoms with E-state index in [2.05, 4.69) is 15.4 Å². The second kappa shape index (κ2) is 8.58. The molecule has 1 rings (SSSR count). The van der Waals surface area contributed by atoms with Gasteiger partial charge in [-0.05, 0) is 31.2 Å². The number of nitrogens with one attached hydrogen (secondary N) is 2. The molecule has 1 aromatic carbocycles. The number of ether oxygens (including phenoxy) is 1. The maximum absolute atomic E-state index is 11.9. The number of esters is 1. The SMILES string of the molecule is COC(=O)/C=C(\Nc1ccc(C(C)=O)cc1)C(=O)NCCO. The fraction of sp³-hybridized carbons (Fsp3) is 0.267. The van der Waals surface area contributed by atoms with Gasteiger partial charge < -0.3 is 20.5 Å². The normalized spacial score (nSPS) is 10.8. The Labute approximate surface area is 128 Å². The van der Waals surface area contributed by atoms with E-state index in [-0.39, 0.29) is 24.6 Å². The lowest BCUT2D eigenvalue weighted by molar-refractivity contribution is -0.135. The molecule has 1 amide bonds. The van der Waals surface area contributed by atoms with Crippen molar-refractivity contribution in [2.75, 3.05) is 25.6 Å². The zero-order valence-corrected chi connectivity index (χ0v) is 12.4. The van der Waals surface area contributed by atoms with Gasteiger partial charge in [0.1, 0.15) is 5.70 Å². The predicted octanol–water partition coefficient (Wildman–Crippen LogP) is 0.466. The van der Waals surface area contributed by atoms with Gasteiger partial charge in [-0.25, -0.2) is 4.79 Å². The molecule has 118 valence electrons. The minimum Gasteiger partial charge on any atom is -0.466 e. The van der Waals surface area contributed by atoms with E-state index in [0.717, 1.165) is 6.08 Å². The quantitative estimate of drug-likeness (QED) is 0.384. The van der Waals surface area contributed by atoms with Gasteiger partial charge in [0, 0.05) is 17.8 Å². The van der Waals surface area contributed by atoms with Crippen molar-refractivity contribution in [2.45, 2.75) is 6.92 Å². The number of benzene rings is 1. The van der Waals surface area contributed by atoms with E-state index in [0.29, 0.717) is 11.3 Å². The molecule has 22 heavy (non-hydrogen) atoms. The minimum atomic E-state index is -0.693. The lowest BCUT2D eigenvalue weighted by Crippen LogP contribution is -2.31. The molecule has 0 heterocycles. The van der Waals surface area contributed by atoms with Crippen molar-refractivity contribution >= 4 is 23.3 Å². The first-order chi connectivity index (χ1) is 10.5. The number of hydrogen-bond acceptors (Lipinski definition) is 6. The van der Waals surface area contributed by atoms with E-state index in [4.69, 9.17) is 5.11 Å². The third kappa shape index (κ3) is 5.37. The molecule has 0 fully saturated rings. The van der Waals surface area contributed by atoms with Crippen LogP contribution < -0.4 is 10.6 Å². The van der Waals surface area contributed by atoms with Crippen LogP contribution in [0.3, 0.4) is 0 Å². The Morgan fingerprint density at radius 2 is 1.86 bits per heavy atom. The van der Waals surface area contributed by atoms with Crippen LogP contribution >= 0.6 is 0 Å². The maximum Gasteiger partial charge on any atom is 0.332 e. The Bertz CT molecular complexity index is 578. The third-order valence-corrected chi connectivity index (χ3v) is 2.68. The largest absolute Gasteiger partial charge is 0.466 e. The smallest absolute Gasteiger partial charge is 0.332 e. The molecule has 0 saturated heterocycles. The monoisotopic (exact) mass is 306 g/mol. The zero-order chi connectivity index (χ0) is 16.5. The molecule has 0 aromatic heterocycles. The summed E-state index contributed by atoms with van der Waals surface area (Å²) in [5.74, 6) is -1.32. The number of carbonyl (C=O) groups excluding carboxylic acids is 3. The second-order valence-electron chi connectivity index (χ2n) is 4.32. The lowest BCUT2D eigenvalue weighted by Gasteiger charge is -2.11. The molecule has 0 atom stereocenters. The molecule has 0 spiro atoms. The molecular weight excluding hydrogens is 288 g/mol. The van der Waals surface area contributed by atoms with Gasteiger partial charge in [-0.15, -0.1) is 0 Å². The highest BCUT2D eigenvalue weighted by atomic mass is 16.5. The number of ketones is 1. The van der Waals surface area contributed by atoms with Gasteiger partial charge in [0.25, 0.3) is 5.91 Å². The van der Waals surface area contributed by atoms with Crippen molar-refractivity contribution < 1.29 is 24.2 Å². The first-order valence-corrected chi connectivity index (χ1v) is 6.54. The van der Waals surface area contributed by atoms with Crippen LogP contribution in [-0.2, 0) is 14.3 Å². The Kier molecular flexibility index (Phi) is 6.78. The van der Waals surface area contributed by atoms with Crippen LogP contribution in [0.15, 0.2) is 36.0 Å². The molecule has 0 bridgehead atoms. The fourth-order valence-electron chi connectivity index (χ4n) is 1.54. The number of methoxy groups -OCH3 is 1. The molecule has 0 radical (unpaired) electrons. The van der Waals surface area contributed by atoms with Crippen LogP contribution in [0, 0.1) is 0 Å². The van der Waals surface area contributed by atoms with E-state index in [1.54, 1.807) is 24.3 Å². The summed E-state index contributed by atoms with van der Waals surface area (Å²) in [6, 6.07) is 6.43. The summed E-state index contributed by atoms with van der Waals surface area (Å²) in [7, 11) is 1.20. The second-order valence-corrected chi connectivity index (χ2v) is 4.32. The molecule has 0 aliphatic carbocycles. The summed E-state index contributed by atoms with van der Waals surface area (Å²) < 4.78 is 4.49. The fourth-order valence-corrected chi connectivity index (χ4v) is 1.54. The van der Waals surface area contributed by atoms with Gasteiger partial charge in [-0.3, -0.25) is 9.59 Å². The summed E-state index contributed by atoms with van der Waals surface area (Å²) in [6.07, 6.45) is 1.01. The molecule has 0 aliphatic heterocycles. The Morgan fingerprint density at radius 1 is 1.23 bits per heavy atom. The van der Waals surface area contributed by atoms with E-state index in [1.807, 2.05) is 0 Å². The number of rotatable bonds is 7. The van der Waals surface area contributed by atoms with Crippen molar-refractivity contribution in [1.82, 2.24) is 5.32 Å². The lowest BCUT2D eigenvalue weighted by atomic mass is 10.1. The van der Waals surface area contributed by atoms with Gasteiger partial charge in [0.05, 0.1) is 19.8 Å². The van der Waals surface area contributed by atoms with Crippen LogP contribution in [0.5, 0.6) is 0 Å². The van der Waals surface area contributed by atoms with Crippen LogP contribution in [0.4, 0.5) is 5.69 Å². The van der Waals surface area contributed by atoms with Crippen LogP contribution in [0.1, 0.15) is 17.3 Å². The van der Waals surface area contributed by atoms with Crippen molar-refractivity contribution in [3.05, 3.63) is 41.6 Å². The number of aliphatic hydroxyl groups excluding tert-OH is 1. The summed E-state index contributed by atoms with van der Waals surface area (Å²) in [5.41, 5.74) is 1.03. The Hall–Kier alpha value is -2.67. The molecule has 1 aromatic rings. The number of amides is 1. The van der Waals surface area contributed by atoms with Gasteiger partial charge >= 0.3 is 5.97 Å². The highest BCUT2D eigenvalue weighted by molar-refractivity contribution is 6.02. The van der Waals surface area contributed by atoms with Gasteiger partial charge in [-0.1, -0.05) is 0 Å². The first-order valence-electron chi connectivity index (χ1n) is 6.54. The molecule has 0 saturated carbocycles. The van der Waals surface area contributed by atoms with E-state index >= 15 is 0 Å². The highest BCUT2D eigenvalue weighted by Gasteiger charge is 2.12. The molecule has 0 aliphatic rings. The predicted molar refractivity (Wildman–Crippen MR) is 80.3 cm³/mol. The zero-order valence-electron chi connectivity index (χ0n) is 12.4. The van der Waals surface area contributed by atoms with Crippen LogP contribution in [-0.4, -0.2) is 43.0 Å². The van der Waals surface area contributed by atoms with Crippen LogP contribution in [0.2, 0.25) is 0 Å². The number of aliphatic hydroxyl groups is 1.